The molecule has 0 saturated heterocycles. The molecule has 0 radical (unpaired) electrons. The minimum absolute atomic E-state index is 0.0435. The zero-order valence-electron chi connectivity index (χ0n) is 7.63. The van der Waals surface area contributed by atoms with Crippen LogP contribution in [0.3, 0.4) is 0 Å². The maximum Gasteiger partial charge on any atom is 0.163 e. The van der Waals surface area contributed by atoms with Crippen molar-refractivity contribution in [2.45, 2.75) is 13.8 Å². The average molecular weight is 290 g/mol. The molecule has 0 aromatic heterocycles. The van der Waals surface area contributed by atoms with Crippen molar-refractivity contribution >= 4 is 28.4 Å². The Kier molecular flexibility index (Phi) is 3.71. The van der Waals surface area contributed by atoms with Crippen molar-refractivity contribution < 1.29 is 9.53 Å². The molecular formula is C10H11IO2. The summed E-state index contributed by atoms with van der Waals surface area (Å²) in [7, 11) is 0. The molecule has 1 aromatic rings. The monoisotopic (exact) mass is 290 g/mol. The first-order chi connectivity index (χ1) is 6.15. The largest absolute Gasteiger partial charge is 0.493 e. The first-order valence-electron chi connectivity index (χ1n) is 4.08. The van der Waals surface area contributed by atoms with E-state index in [2.05, 4.69) is 22.6 Å². The van der Waals surface area contributed by atoms with Gasteiger partial charge in [-0.25, -0.2) is 0 Å². The van der Waals surface area contributed by atoms with E-state index in [0.29, 0.717) is 17.9 Å². The van der Waals surface area contributed by atoms with E-state index in [0.717, 1.165) is 3.57 Å². The van der Waals surface area contributed by atoms with Crippen LogP contribution in [0.5, 0.6) is 5.75 Å². The lowest BCUT2D eigenvalue weighted by Crippen LogP contribution is -2.00. The summed E-state index contributed by atoms with van der Waals surface area (Å²) in [5.41, 5.74) is 0.661. The summed E-state index contributed by atoms with van der Waals surface area (Å²) in [6, 6.07) is 5.61. The maximum atomic E-state index is 11.2. The zero-order chi connectivity index (χ0) is 9.84. The van der Waals surface area contributed by atoms with Crippen molar-refractivity contribution in [3.8, 4) is 5.75 Å². The van der Waals surface area contributed by atoms with Crippen LogP contribution < -0.4 is 4.74 Å². The van der Waals surface area contributed by atoms with Gasteiger partial charge in [0.05, 0.1) is 12.2 Å². The molecule has 0 unspecified atom stereocenters. The quantitative estimate of drug-likeness (QED) is 0.632. The normalized spacial score (nSPS) is 9.77. The van der Waals surface area contributed by atoms with Crippen LogP contribution >= 0.6 is 22.6 Å². The average Bonchev–Trinajstić information content (AvgIpc) is 2.08. The van der Waals surface area contributed by atoms with E-state index < -0.39 is 0 Å². The third-order valence-corrected chi connectivity index (χ3v) is 2.29. The molecule has 1 aromatic carbocycles. The van der Waals surface area contributed by atoms with Crippen LogP contribution in [0.25, 0.3) is 0 Å². The van der Waals surface area contributed by atoms with E-state index in [1.165, 1.54) is 0 Å². The molecule has 0 spiro atoms. The lowest BCUT2D eigenvalue weighted by molar-refractivity contribution is 0.101. The van der Waals surface area contributed by atoms with Gasteiger partial charge in [0.1, 0.15) is 5.75 Å². The minimum atomic E-state index is 0.0435. The highest BCUT2D eigenvalue weighted by molar-refractivity contribution is 14.1. The van der Waals surface area contributed by atoms with Gasteiger partial charge in [-0.05, 0) is 54.6 Å². The smallest absolute Gasteiger partial charge is 0.163 e. The minimum Gasteiger partial charge on any atom is -0.493 e. The van der Waals surface area contributed by atoms with Gasteiger partial charge in [-0.15, -0.1) is 0 Å². The summed E-state index contributed by atoms with van der Waals surface area (Å²) in [5, 5.41) is 0. The topological polar surface area (TPSA) is 26.3 Å². The number of carbonyl (C=O) groups is 1. The van der Waals surface area contributed by atoms with Crippen molar-refractivity contribution in [2.24, 2.45) is 0 Å². The zero-order valence-corrected chi connectivity index (χ0v) is 9.79. The summed E-state index contributed by atoms with van der Waals surface area (Å²) >= 11 is 2.18. The number of ether oxygens (including phenoxy) is 1. The summed E-state index contributed by atoms with van der Waals surface area (Å²) < 4.78 is 6.38. The van der Waals surface area contributed by atoms with Crippen LogP contribution in [0.2, 0.25) is 0 Å². The van der Waals surface area contributed by atoms with Crippen LogP contribution in [0.1, 0.15) is 24.2 Å². The van der Waals surface area contributed by atoms with Gasteiger partial charge in [0.25, 0.3) is 0 Å². The van der Waals surface area contributed by atoms with E-state index in [-0.39, 0.29) is 5.78 Å². The van der Waals surface area contributed by atoms with Crippen molar-refractivity contribution in [2.75, 3.05) is 6.61 Å². The fraction of sp³-hybridized carbons (Fsp3) is 0.300. The molecule has 70 valence electrons. The highest BCUT2D eigenvalue weighted by Gasteiger charge is 2.07. The predicted octanol–water partition coefficient (Wildman–Crippen LogP) is 2.89. The van der Waals surface area contributed by atoms with Gasteiger partial charge in [-0.1, -0.05) is 0 Å². The molecule has 0 saturated carbocycles. The van der Waals surface area contributed by atoms with Crippen LogP contribution in [0.15, 0.2) is 18.2 Å². The molecule has 0 bridgehead atoms. The lowest BCUT2D eigenvalue weighted by atomic mass is 10.1. The molecule has 0 heterocycles. The first-order valence-corrected chi connectivity index (χ1v) is 5.16. The van der Waals surface area contributed by atoms with Crippen molar-refractivity contribution in [3.05, 3.63) is 27.3 Å². The highest BCUT2D eigenvalue weighted by Crippen LogP contribution is 2.21. The second-order valence-electron chi connectivity index (χ2n) is 2.63. The number of benzene rings is 1. The molecule has 0 amide bonds. The van der Waals surface area contributed by atoms with Crippen molar-refractivity contribution in [1.29, 1.82) is 0 Å². The summed E-state index contributed by atoms with van der Waals surface area (Å²) in [6.45, 7) is 4.04. The fourth-order valence-corrected chi connectivity index (χ4v) is 1.55. The lowest BCUT2D eigenvalue weighted by Gasteiger charge is -2.07. The van der Waals surface area contributed by atoms with E-state index >= 15 is 0 Å². The number of hydrogen-bond acceptors (Lipinski definition) is 2. The molecular weight excluding hydrogens is 279 g/mol. The number of ketones is 1. The number of halogens is 1. The summed E-state index contributed by atoms with van der Waals surface area (Å²) in [5.74, 6) is 0.720. The Hall–Kier alpha value is -0.580. The van der Waals surface area contributed by atoms with Crippen LogP contribution in [-0.2, 0) is 0 Å². The molecule has 3 heteroatoms. The van der Waals surface area contributed by atoms with E-state index in [1.807, 2.05) is 25.1 Å². The first kappa shape index (κ1) is 10.5. The van der Waals surface area contributed by atoms with Gasteiger partial charge in [0, 0.05) is 3.57 Å². The van der Waals surface area contributed by atoms with Gasteiger partial charge >= 0.3 is 0 Å². The van der Waals surface area contributed by atoms with Gasteiger partial charge in [0.2, 0.25) is 0 Å². The molecule has 0 aliphatic carbocycles. The van der Waals surface area contributed by atoms with Crippen LogP contribution in [0, 0.1) is 3.57 Å². The third-order valence-electron chi connectivity index (χ3n) is 1.62. The number of Topliss-reactive ketones (excluding diaryl/α,β-unsaturated/α-hetero) is 1. The molecule has 1 rings (SSSR count). The van der Waals surface area contributed by atoms with Crippen LogP contribution in [0.4, 0.5) is 0 Å². The molecule has 0 aliphatic heterocycles. The predicted molar refractivity (Wildman–Crippen MR) is 60.3 cm³/mol. The SMILES string of the molecule is CCOc1ccc(I)cc1C(C)=O. The second-order valence-corrected chi connectivity index (χ2v) is 3.88. The second kappa shape index (κ2) is 4.60. The number of rotatable bonds is 3. The van der Waals surface area contributed by atoms with Crippen LogP contribution in [-0.4, -0.2) is 12.4 Å². The molecule has 0 aliphatic rings. The number of carbonyl (C=O) groups excluding carboxylic acids is 1. The molecule has 0 N–H and O–H groups in total. The Bertz CT molecular complexity index is 321. The Labute approximate surface area is 91.4 Å². The van der Waals surface area contributed by atoms with Gasteiger partial charge < -0.3 is 4.74 Å². The van der Waals surface area contributed by atoms with Crippen molar-refractivity contribution in [3.63, 3.8) is 0 Å². The maximum absolute atomic E-state index is 11.2. The molecule has 0 atom stereocenters. The van der Waals surface area contributed by atoms with E-state index in [9.17, 15) is 4.79 Å². The molecule has 2 nitrogen and oxygen atoms in total. The number of hydrogen-bond donors (Lipinski definition) is 0. The van der Waals surface area contributed by atoms with Gasteiger partial charge in [-0.3, -0.25) is 4.79 Å². The van der Waals surface area contributed by atoms with Crippen molar-refractivity contribution in [1.82, 2.24) is 0 Å². The highest BCUT2D eigenvalue weighted by atomic mass is 127. The molecule has 13 heavy (non-hydrogen) atoms. The fourth-order valence-electron chi connectivity index (χ4n) is 1.06. The Balaban J connectivity index is 3.10. The Morgan fingerprint density at radius 1 is 1.54 bits per heavy atom. The van der Waals surface area contributed by atoms with E-state index in [1.54, 1.807) is 6.92 Å². The standard InChI is InChI=1S/C10H11IO2/c1-3-13-10-5-4-8(11)6-9(10)7(2)12/h4-6H,3H2,1-2H3. The Morgan fingerprint density at radius 3 is 2.77 bits per heavy atom. The summed E-state index contributed by atoms with van der Waals surface area (Å²) in [6.07, 6.45) is 0. The third kappa shape index (κ3) is 2.69. The van der Waals surface area contributed by atoms with Gasteiger partial charge in [-0.2, -0.15) is 0 Å². The Morgan fingerprint density at radius 2 is 2.23 bits per heavy atom. The van der Waals surface area contributed by atoms with Gasteiger partial charge in [0.15, 0.2) is 5.78 Å². The molecule has 0 fully saturated rings. The summed E-state index contributed by atoms with van der Waals surface area (Å²) in [4.78, 5) is 11.2. The van der Waals surface area contributed by atoms with E-state index in [4.69, 9.17) is 4.74 Å².